The van der Waals surface area contributed by atoms with Crippen molar-refractivity contribution in [1.82, 2.24) is 10.2 Å². The fraction of sp³-hybridized carbons (Fsp3) is 0.462. The Kier molecular flexibility index (Phi) is 4.53. The first-order chi connectivity index (χ1) is 8.34. The lowest BCUT2D eigenvalue weighted by atomic mass is 10.2. The van der Waals surface area contributed by atoms with E-state index in [1.165, 1.54) is 0 Å². The molecule has 1 aromatic carbocycles. The summed E-state index contributed by atoms with van der Waals surface area (Å²) >= 11 is 0. The van der Waals surface area contributed by atoms with Crippen molar-refractivity contribution in [1.29, 1.82) is 0 Å². The number of esters is 1. The van der Waals surface area contributed by atoms with Gasteiger partial charge in [-0.2, -0.15) is 0 Å². The first kappa shape index (κ1) is 12.1. The molecule has 1 fully saturated rings. The number of hydrogen-bond donors (Lipinski definition) is 1. The number of carbonyl (C=O) groups excluding carboxylic acids is 1. The van der Waals surface area contributed by atoms with Gasteiger partial charge in [0.1, 0.15) is 6.61 Å². The van der Waals surface area contributed by atoms with Crippen LogP contribution in [0.3, 0.4) is 0 Å². The summed E-state index contributed by atoms with van der Waals surface area (Å²) in [4.78, 5) is 13.7. The van der Waals surface area contributed by atoms with Crippen LogP contribution in [-0.2, 0) is 16.1 Å². The van der Waals surface area contributed by atoms with E-state index >= 15 is 0 Å². The van der Waals surface area contributed by atoms with Crippen LogP contribution in [0.1, 0.15) is 5.56 Å². The number of nitrogens with one attached hydrogen (secondary N) is 1. The Labute approximate surface area is 102 Å². The molecular formula is C13H18N2O2. The fourth-order valence-corrected chi connectivity index (χ4v) is 1.84. The summed E-state index contributed by atoms with van der Waals surface area (Å²) in [5.74, 6) is -0.143. The lowest BCUT2D eigenvalue weighted by molar-refractivity contribution is -0.146. The molecule has 17 heavy (non-hydrogen) atoms. The number of rotatable bonds is 4. The zero-order valence-corrected chi connectivity index (χ0v) is 9.89. The number of benzene rings is 1. The predicted octanol–water partition coefficient (Wildman–Crippen LogP) is 0.635. The van der Waals surface area contributed by atoms with E-state index in [2.05, 4.69) is 10.2 Å². The van der Waals surface area contributed by atoms with Gasteiger partial charge in [0.2, 0.25) is 0 Å². The molecule has 1 aliphatic rings. The van der Waals surface area contributed by atoms with Crippen molar-refractivity contribution in [2.75, 3.05) is 32.7 Å². The SMILES string of the molecule is O=C(CN1CCNCC1)OCc1ccccc1. The van der Waals surface area contributed by atoms with Crippen molar-refractivity contribution < 1.29 is 9.53 Å². The van der Waals surface area contributed by atoms with E-state index < -0.39 is 0 Å². The topological polar surface area (TPSA) is 41.6 Å². The Balaban J connectivity index is 1.70. The van der Waals surface area contributed by atoms with E-state index in [1.807, 2.05) is 30.3 Å². The van der Waals surface area contributed by atoms with Gasteiger partial charge in [-0.15, -0.1) is 0 Å². The Morgan fingerprint density at radius 3 is 2.65 bits per heavy atom. The summed E-state index contributed by atoms with van der Waals surface area (Å²) in [7, 11) is 0. The molecule has 2 rings (SSSR count). The Bertz CT molecular complexity index is 348. The summed E-state index contributed by atoms with van der Waals surface area (Å²) in [6.45, 7) is 4.50. The molecule has 1 saturated heterocycles. The summed E-state index contributed by atoms with van der Waals surface area (Å²) in [5, 5.41) is 3.25. The molecule has 1 aromatic rings. The summed E-state index contributed by atoms with van der Waals surface area (Å²) in [5.41, 5.74) is 1.03. The van der Waals surface area contributed by atoms with Gasteiger partial charge >= 0.3 is 5.97 Å². The van der Waals surface area contributed by atoms with Crippen LogP contribution < -0.4 is 5.32 Å². The van der Waals surface area contributed by atoms with E-state index in [-0.39, 0.29) is 5.97 Å². The molecule has 0 saturated carbocycles. The maximum Gasteiger partial charge on any atom is 0.320 e. The second-order valence-electron chi connectivity index (χ2n) is 4.17. The molecule has 1 heterocycles. The predicted molar refractivity (Wildman–Crippen MR) is 65.5 cm³/mol. The van der Waals surface area contributed by atoms with Gasteiger partial charge in [-0.3, -0.25) is 9.69 Å². The van der Waals surface area contributed by atoms with Gasteiger partial charge in [0.15, 0.2) is 0 Å². The highest BCUT2D eigenvalue weighted by atomic mass is 16.5. The molecule has 0 unspecified atom stereocenters. The second-order valence-corrected chi connectivity index (χ2v) is 4.17. The molecule has 92 valence electrons. The molecule has 1 aliphatic heterocycles. The van der Waals surface area contributed by atoms with Gasteiger partial charge in [-0.1, -0.05) is 30.3 Å². The maximum absolute atomic E-state index is 11.6. The average Bonchev–Trinajstić information content (AvgIpc) is 2.39. The normalized spacial score (nSPS) is 16.7. The number of piperazine rings is 1. The fourth-order valence-electron chi connectivity index (χ4n) is 1.84. The highest BCUT2D eigenvalue weighted by molar-refractivity contribution is 5.71. The minimum absolute atomic E-state index is 0.143. The number of ether oxygens (including phenoxy) is 1. The van der Waals surface area contributed by atoms with Crippen LogP contribution in [0.25, 0.3) is 0 Å². The molecule has 0 radical (unpaired) electrons. The number of carbonyl (C=O) groups is 1. The van der Waals surface area contributed by atoms with Crippen molar-refractivity contribution in [3.8, 4) is 0 Å². The van der Waals surface area contributed by atoms with Crippen molar-refractivity contribution in [3.05, 3.63) is 35.9 Å². The third kappa shape index (κ3) is 4.17. The van der Waals surface area contributed by atoms with E-state index in [4.69, 9.17) is 4.74 Å². The van der Waals surface area contributed by atoms with E-state index in [0.717, 1.165) is 31.7 Å². The molecule has 0 amide bonds. The molecule has 0 aliphatic carbocycles. The highest BCUT2D eigenvalue weighted by Crippen LogP contribution is 2.01. The first-order valence-electron chi connectivity index (χ1n) is 5.97. The molecule has 0 spiro atoms. The lowest BCUT2D eigenvalue weighted by Gasteiger charge is -2.25. The smallest absolute Gasteiger partial charge is 0.320 e. The zero-order valence-electron chi connectivity index (χ0n) is 9.89. The largest absolute Gasteiger partial charge is 0.460 e. The molecular weight excluding hydrogens is 216 g/mol. The Hall–Kier alpha value is -1.39. The van der Waals surface area contributed by atoms with Crippen LogP contribution in [0.15, 0.2) is 30.3 Å². The molecule has 4 nitrogen and oxygen atoms in total. The molecule has 4 heteroatoms. The van der Waals surface area contributed by atoms with Crippen LogP contribution in [0.5, 0.6) is 0 Å². The van der Waals surface area contributed by atoms with E-state index in [1.54, 1.807) is 0 Å². The summed E-state index contributed by atoms with van der Waals surface area (Å²) in [6.07, 6.45) is 0. The quantitative estimate of drug-likeness (QED) is 0.776. The Morgan fingerprint density at radius 1 is 1.24 bits per heavy atom. The van der Waals surface area contributed by atoms with Crippen molar-refractivity contribution >= 4 is 5.97 Å². The number of nitrogens with zero attached hydrogens (tertiary/aromatic N) is 1. The zero-order chi connectivity index (χ0) is 11.9. The van der Waals surface area contributed by atoms with Gasteiger partial charge in [0.25, 0.3) is 0 Å². The van der Waals surface area contributed by atoms with Gasteiger partial charge < -0.3 is 10.1 Å². The van der Waals surface area contributed by atoms with Crippen LogP contribution in [-0.4, -0.2) is 43.6 Å². The minimum atomic E-state index is -0.143. The van der Waals surface area contributed by atoms with Gasteiger partial charge in [-0.25, -0.2) is 0 Å². The third-order valence-corrected chi connectivity index (χ3v) is 2.80. The lowest BCUT2D eigenvalue weighted by Crippen LogP contribution is -2.45. The highest BCUT2D eigenvalue weighted by Gasteiger charge is 2.14. The van der Waals surface area contributed by atoms with Crippen molar-refractivity contribution in [2.45, 2.75) is 6.61 Å². The Morgan fingerprint density at radius 2 is 1.94 bits per heavy atom. The maximum atomic E-state index is 11.6. The average molecular weight is 234 g/mol. The van der Waals surface area contributed by atoms with Crippen LogP contribution in [0.2, 0.25) is 0 Å². The van der Waals surface area contributed by atoms with E-state index in [9.17, 15) is 4.79 Å². The first-order valence-corrected chi connectivity index (χ1v) is 5.97. The second kappa shape index (κ2) is 6.37. The van der Waals surface area contributed by atoms with Crippen LogP contribution in [0.4, 0.5) is 0 Å². The van der Waals surface area contributed by atoms with Crippen molar-refractivity contribution in [3.63, 3.8) is 0 Å². The van der Waals surface area contributed by atoms with Crippen LogP contribution in [0, 0.1) is 0 Å². The summed E-state index contributed by atoms with van der Waals surface area (Å²) in [6, 6.07) is 9.75. The van der Waals surface area contributed by atoms with Crippen LogP contribution >= 0.6 is 0 Å². The molecule has 0 aromatic heterocycles. The number of hydrogen-bond acceptors (Lipinski definition) is 4. The monoisotopic (exact) mass is 234 g/mol. The van der Waals surface area contributed by atoms with Gasteiger partial charge in [-0.05, 0) is 5.56 Å². The molecule has 0 atom stereocenters. The van der Waals surface area contributed by atoms with Gasteiger partial charge in [0, 0.05) is 26.2 Å². The van der Waals surface area contributed by atoms with Crippen molar-refractivity contribution in [2.24, 2.45) is 0 Å². The molecule has 1 N–H and O–H groups in total. The van der Waals surface area contributed by atoms with E-state index in [0.29, 0.717) is 13.2 Å². The summed E-state index contributed by atoms with van der Waals surface area (Å²) < 4.78 is 5.23. The van der Waals surface area contributed by atoms with Gasteiger partial charge in [0.05, 0.1) is 6.54 Å². The minimum Gasteiger partial charge on any atom is -0.460 e. The molecule has 0 bridgehead atoms. The third-order valence-electron chi connectivity index (χ3n) is 2.80. The standard InChI is InChI=1S/C13H18N2O2/c16-13(10-15-8-6-14-7-9-15)17-11-12-4-2-1-3-5-12/h1-5,14H,6-11H2.